The molecule has 0 unspecified atom stereocenters. The number of sulfonamides is 1. The van der Waals surface area contributed by atoms with Gasteiger partial charge in [-0.15, -0.1) is 11.8 Å². The van der Waals surface area contributed by atoms with E-state index in [9.17, 15) is 36.5 Å². The second-order valence-electron chi connectivity index (χ2n) is 4.99. The number of nitrogens with one attached hydrogen (secondary N) is 1. The molecule has 1 aromatic carbocycles. The maximum absolute atomic E-state index is 12.6. The number of hydrogen-bond donors (Lipinski definition) is 1. The second-order valence-corrected chi connectivity index (χ2v) is 7.88. The zero-order chi connectivity index (χ0) is 18.8. The van der Waals surface area contributed by atoms with Gasteiger partial charge in [0, 0.05) is 17.9 Å². The second kappa shape index (κ2) is 7.17. The minimum Gasteiger partial charge on any atom is -0.346 e. The van der Waals surface area contributed by atoms with Crippen LogP contribution in [0.2, 0.25) is 0 Å². The van der Waals surface area contributed by atoms with Crippen molar-refractivity contribution in [3.63, 3.8) is 0 Å². The molecule has 0 spiro atoms. The fourth-order valence-electron chi connectivity index (χ4n) is 2.05. The van der Waals surface area contributed by atoms with Gasteiger partial charge in [-0.25, -0.2) is 8.42 Å². The third kappa shape index (κ3) is 4.61. The van der Waals surface area contributed by atoms with E-state index in [1.54, 1.807) is 5.32 Å². The van der Waals surface area contributed by atoms with Gasteiger partial charge in [-0.05, 0) is 12.1 Å². The van der Waals surface area contributed by atoms with Crippen molar-refractivity contribution < 1.29 is 31.3 Å². The monoisotopic (exact) mass is 399 g/mol. The molecular formula is C12H12F3N3O5S2. The van der Waals surface area contributed by atoms with Crippen LogP contribution >= 0.6 is 11.8 Å². The highest BCUT2D eigenvalue weighted by Gasteiger charge is 2.41. The van der Waals surface area contributed by atoms with Crippen molar-refractivity contribution in [3.8, 4) is 0 Å². The van der Waals surface area contributed by atoms with Crippen LogP contribution in [-0.4, -0.2) is 53.9 Å². The van der Waals surface area contributed by atoms with Gasteiger partial charge in [0.25, 0.3) is 5.69 Å². The van der Waals surface area contributed by atoms with Gasteiger partial charge in [-0.1, -0.05) is 0 Å². The number of hydrogen-bond acceptors (Lipinski definition) is 6. The van der Waals surface area contributed by atoms with Crippen molar-refractivity contribution in [2.45, 2.75) is 17.1 Å². The van der Waals surface area contributed by atoms with Crippen molar-refractivity contribution in [1.29, 1.82) is 0 Å². The Bertz CT molecular complexity index is 767. The summed E-state index contributed by atoms with van der Waals surface area (Å²) in [6.45, 7) is -1.56. The van der Waals surface area contributed by atoms with E-state index >= 15 is 0 Å². The van der Waals surface area contributed by atoms with E-state index in [1.807, 2.05) is 0 Å². The van der Waals surface area contributed by atoms with E-state index in [4.69, 9.17) is 0 Å². The molecule has 2 rings (SSSR count). The van der Waals surface area contributed by atoms with Gasteiger partial charge in [0.15, 0.2) is 0 Å². The number of nitro groups is 1. The number of nitrogens with zero attached hydrogens (tertiary/aromatic N) is 2. The fraction of sp³-hybridized carbons (Fsp3) is 0.417. The molecule has 1 fully saturated rings. The van der Waals surface area contributed by atoms with Gasteiger partial charge in [-0.2, -0.15) is 17.5 Å². The number of benzene rings is 1. The lowest BCUT2D eigenvalue weighted by atomic mass is 10.3. The predicted molar refractivity (Wildman–Crippen MR) is 82.3 cm³/mol. The summed E-state index contributed by atoms with van der Waals surface area (Å²) >= 11 is 1.08. The minimum absolute atomic E-state index is 0.00982. The SMILES string of the molecule is O=C(NCC(F)(F)F)[C@H]1CSCN1S(=O)(=O)c1ccc([N+](=O)[O-])cc1. The molecule has 0 radical (unpaired) electrons. The number of carbonyl (C=O) groups is 1. The molecule has 1 atom stereocenters. The zero-order valence-corrected chi connectivity index (χ0v) is 14.0. The summed E-state index contributed by atoms with van der Waals surface area (Å²) < 4.78 is 62.5. The molecule has 8 nitrogen and oxygen atoms in total. The first kappa shape index (κ1) is 19.5. The molecule has 1 heterocycles. The number of carbonyl (C=O) groups excluding carboxylic acids is 1. The molecule has 0 aromatic heterocycles. The third-order valence-electron chi connectivity index (χ3n) is 3.26. The number of nitro benzene ring substituents is 1. The Labute approximate surface area is 144 Å². The molecule has 1 amide bonds. The summed E-state index contributed by atoms with van der Waals surface area (Å²) in [6.07, 6.45) is -4.61. The average Bonchev–Trinajstić information content (AvgIpc) is 3.02. The van der Waals surface area contributed by atoms with E-state index in [0.717, 1.165) is 40.3 Å². The molecule has 1 aliphatic rings. The van der Waals surface area contributed by atoms with E-state index in [0.29, 0.717) is 0 Å². The van der Waals surface area contributed by atoms with Gasteiger partial charge in [0.05, 0.1) is 15.7 Å². The molecule has 0 bridgehead atoms. The summed E-state index contributed by atoms with van der Waals surface area (Å²) in [6, 6.07) is 2.74. The van der Waals surface area contributed by atoms with Crippen molar-refractivity contribution in [2.24, 2.45) is 0 Å². The van der Waals surface area contributed by atoms with Gasteiger partial charge in [-0.3, -0.25) is 14.9 Å². The van der Waals surface area contributed by atoms with Gasteiger partial charge >= 0.3 is 6.18 Å². The maximum Gasteiger partial charge on any atom is 0.405 e. The highest BCUT2D eigenvalue weighted by Crippen LogP contribution is 2.29. The summed E-state index contributed by atoms with van der Waals surface area (Å²) in [7, 11) is -4.18. The molecule has 0 aliphatic carbocycles. The third-order valence-corrected chi connectivity index (χ3v) is 6.31. The van der Waals surface area contributed by atoms with Crippen LogP contribution in [0.25, 0.3) is 0 Å². The van der Waals surface area contributed by atoms with Crippen LogP contribution in [0.5, 0.6) is 0 Å². The standard InChI is InChI=1S/C12H12F3N3O5S2/c13-12(14,15)6-16-11(19)10-5-24-7-17(10)25(22,23)9-3-1-8(2-4-9)18(20)21/h1-4,10H,5-7H2,(H,16,19)/t10-/m1/s1. The number of rotatable bonds is 5. The Morgan fingerprint density at radius 2 is 1.96 bits per heavy atom. The number of alkyl halides is 3. The number of thioether (sulfide) groups is 1. The largest absolute Gasteiger partial charge is 0.405 e. The first-order valence-electron chi connectivity index (χ1n) is 6.71. The van der Waals surface area contributed by atoms with Gasteiger partial charge in [0.1, 0.15) is 12.6 Å². The lowest BCUT2D eigenvalue weighted by Gasteiger charge is -2.22. The lowest BCUT2D eigenvalue weighted by Crippen LogP contribution is -2.49. The minimum atomic E-state index is -4.61. The van der Waals surface area contributed by atoms with Crippen LogP contribution in [0, 0.1) is 10.1 Å². The van der Waals surface area contributed by atoms with Gasteiger partial charge < -0.3 is 5.32 Å². The van der Waals surface area contributed by atoms with Crippen LogP contribution in [0.4, 0.5) is 18.9 Å². The first-order valence-corrected chi connectivity index (χ1v) is 9.30. The molecule has 138 valence electrons. The van der Waals surface area contributed by atoms with Crippen LogP contribution in [-0.2, 0) is 14.8 Å². The highest BCUT2D eigenvalue weighted by molar-refractivity contribution is 8.00. The summed E-state index contributed by atoms with van der Waals surface area (Å²) in [5.41, 5.74) is -0.311. The van der Waals surface area contributed by atoms with Crippen LogP contribution in [0.1, 0.15) is 0 Å². The van der Waals surface area contributed by atoms with Crippen molar-refractivity contribution in [3.05, 3.63) is 34.4 Å². The first-order chi connectivity index (χ1) is 11.5. The zero-order valence-electron chi connectivity index (χ0n) is 12.4. The Morgan fingerprint density at radius 3 is 2.48 bits per heavy atom. The molecule has 1 N–H and O–H groups in total. The molecular weight excluding hydrogens is 387 g/mol. The highest BCUT2D eigenvalue weighted by atomic mass is 32.2. The molecule has 13 heteroatoms. The number of amides is 1. The van der Waals surface area contributed by atoms with Gasteiger partial charge in [0.2, 0.25) is 15.9 Å². The van der Waals surface area contributed by atoms with Crippen molar-refractivity contribution >= 4 is 33.4 Å². The molecule has 1 saturated heterocycles. The summed E-state index contributed by atoms with van der Waals surface area (Å²) in [4.78, 5) is 21.5. The summed E-state index contributed by atoms with van der Waals surface area (Å²) in [5, 5.41) is 12.3. The Morgan fingerprint density at radius 1 is 1.36 bits per heavy atom. The van der Waals surface area contributed by atoms with Crippen molar-refractivity contribution in [2.75, 3.05) is 18.2 Å². The molecule has 1 aliphatic heterocycles. The lowest BCUT2D eigenvalue weighted by molar-refractivity contribution is -0.384. The van der Waals surface area contributed by atoms with Crippen molar-refractivity contribution in [1.82, 2.24) is 9.62 Å². The Balaban J connectivity index is 2.19. The van der Waals surface area contributed by atoms with E-state index < -0.39 is 39.6 Å². The maximum atomic E-state index is 12.6. The fourth-order valence-corrected chi connectivity index (χ4v) is 5.20. The van der Waals surface area contributed by atoms with Crippen LogP contribution in [0.3, 0.4) is 0 Å². The topological polar surface area (TPSA) is 110 Å². The normalized spacial score (nSPS) is 18.9. The Kier molecular flexibility index (Phi) is 5.58. The number of halogens is 3. The quantitative estimate of drug-likeness (QED) is 0.591. The van der Waals surface area contributed by atoms with Crippen LogP contribution in [0.15, 0.2) is 29.2 Å². The molecule has 1 aromatic rings. The molecule has 25 heavy (non-hydrogen) atoms. The van der Waals surface area contributed by atoms with E-state index in [2.05, 4.69) is 0 Å². The Hall–Kier alpha value is -1.86. The molecule has 0 saturated carbocycles. The number of non-ortho nitro benzene ring substituents is 1. The smallest absolute Gasteiger partial charge is 0.346 e. The summed E-state index contributed by atoms with van der Waals surface area (Å²) in [5.74, 6) is -1.15. The van der Waals surface area contributed by atoms with E-state index in [-0.39, 0.29) is 22.2 Å². The van der Waals surface area contributed by atoms with Crippen LogP contribution < -0.4 is 5.32 Å². The predicted octanol–water partition coefficient (Wildman–Crippen LogP) is 1.34. The van der Waals surface area contributed by atoms with E-state index in [1.165, 1.54) is 0 Å². The average molecular weight is 399 g/mol.